The summed E-state index contributed by atoms with van der Waals surface area (Å²) >= 11 is 0. The molecule has 0 saturated carbocycles. The molecule has 0 N–H and O–H groups in total. The van der Waals surface area contributed by atoms with Gasteiger partial charge in [0.2, 0.25) is 0 Å². The summed E-state index contributed by atoms with van der Waals surface area (Å²) in [6, 6.07) is 0.257. The topological polar surface area (TPSA) is 29.5 Å². The first-order valence-corrected chi connectivity index (χ1v) is 5.40. The number of esters is 1. The number of carbonyl (C=O) groups is 1. The molecule has 0 aliphatic rings. The van der Waals surface area contributed by atoms with E-state index in [1.807, 2.05) is 6.92 Å². The van der Waals surface area contributed by atoms with Crippen molar-refractivity contribution < 1.29 is 9.53 Å². The van der Waals surface area contributed by atoms with Crippen LogP contribution in [0, 0.1) is 5.92 Å². The van der Waals surface area contributed by atoms with Crippen LogP contribution in [0.2, 0.25) is 0 Å². The van der Waals surface area contributed by atoms with Crippen LogP contribution in [0.4, 0.5) is 0 Å². The Kier molecular flexibility index (Phi) is 6.54. The minimum absolute atomic E-state index is 0.0495. The molecule has 0 radical (unpaired) electrons. The molecule has 2 unspecified atom stereocenters. The molecule has 0 aliphatic heterocycles. The maximum atomic E-state index is 11.3. The molecule has 3 nitrogen and oxygen atoms in total. The summed E-state index contributed by atoms with van der Waals surface area (Å²) < 4.78 is 4.74. The first-order chi connectivity index (χ1) is 6.58. The highest BCUT2D eigenvalue weighted by Crippen LogP contribution is 2.12. The second-order valence-corrected chi connectivity index (χ2v) is 3.68. The summed E-state index contributed by atoms with van der Waals surface area (Å²) in [4.78, 5) is 13.6. The van der Waals surface area contributed by atoms with Gasteiger partial charge in [-0.05, 0) is 26.4 Å². The summed E-state index contributed by atoms with van der Waals surface area (Å²) in [6.07, 6.45) is 1.12. The van der Waals surface area contributed by atoms with E-state index in [4.69, 9.17) is 4.74 Å². The Hall–Kier alpha value is -0.570. The van der Waals surface area contributed by atoms with Gasteiger partial charge in [-0.2, -0.15) is 0 Å². The van der Waals surface area contributed by atoms with Crippen LogP contribution < -0.4 is 0 Å². The number of hydrogen-bond acceptors (Lipinski definition) is 3. The minimum atomic E-state index is -0.118. The van der Waals surface area contributed by atoms with Gasteiger partial charge >= 0.3 is 5.97 Å². The first-order valence-electron chi connectivity index (χ1n) is 5.40. The molecule has 0 heterocycles. The van der Waals surface area contributed by atoms with Crippen LogP contribution in [0.5, 0.6) is 0 Å². The van der Waals surface area contributed by atoms with Gasteiger partial charge in [-0.25, -0.2) is 0 Å². The normalized spacial score (nSPS) is 15.3. The maximum Gasteiger partial charge on any atom is 0.309 e. The summed E-state index contributed by atoms with van der Waals surface area (Å²) in [5.74, 6) is -0.168. The average molecular weight is 201 g/mol. The first kappa shape index (κ1) is 13.4. The Balaban J connectivity index is 4.25. The number of hydrogen-bond donors (Lipinski definition) is 0. The van der Waals surface area contributed by atoms with E-state index in [2.05, 4.69) is 25.7 Å². The van der Waals surface area contributed by atoms with Crippen molar-refractivity contribution in [3.8, 4) is 0 Å². The van der Waals surface area contributed by atoms with Crippen molar-refractivity contribution in [1.29, 1.82) is 0 Å². The summed E-state index contributed by atoms with van der Waals surface area (Å²) in [6.45, 7) is 10.3. The van der Waals surface area contributed by atoms with E-state index in [0.717, 1.165) is 19.5 Å². The second-order valence-electron chi connectivity index (χ2n) is 3.68. The molecular formula is C11H23NO2. The van der Waals surface area contributed by atoms with Gasteiger partial charge in [0, 0.05) is 6.04 Å². The van der Waals surface area contributed by atoms with Gasteiger partial charge < -0.3 is 9.64 Å². The zero-order chi connectivity index (χ0) is 11.1. The van der Waals surface area contributed by atoms with E-state index in [0.29, 0.717) is 0 Å². The van der Waals surface area contributed by atoms with Gasteiger partial charge in [-0.1, -0.05) is 20.8 Å². The molecule has 0 aromatic carbocycles. The molecule has 0 aromatic heterocycles. The van der Waals surface area contributed by atoms with Gasteiger partial charge in [0.15, 0.2) is 0 Å². The number of rotatable bonds is 6. The van der Waals surface area contributed by atoms with Crippen LogP contribution >= 0.6 is 0 Å². The monoisotopic (exact) mass is 201 g/mol. The zero-order valence-corrected chi connectivity index (χ0v) is 10.0. The van der Waals surface area contributed by atoms with Gasteiger partial charge in [-0.15, -0.1) is 0 Å². The Labute approximate surface area is 87.4 Å². The third-order valence-electron chi connectivity index (χ3n) is 2.79. The lowest BCUT2D eigenvalue weighted by atomic mass is 10.0. The quantitative estimate of drug-likeness (QED) is 0.615. The van der Waals surface area contributed by atoms with Crippen molar-refractivity contribution >= 4 is 5.97 Å². The van der Waals surface area contributed by atoms with Crippen LogP contribution in [0.1, 0.15) is 34.1 Å². The highest BCUT2D eigenvalue weighted by atomic mass is 16.5. The van der Waals surface area contributed by atoms with E-state index >= 15 is 0 Å². The Morgan fingerprint density at radius 1 is 1.36 bits per heavy atom. The second kappa shape index (κ2) is 6.82. The smallest absolute Gasteiger partial charge is 0.309 e. The van der Waals surface area contributed by atoms with E-state index in [9.17, 15) is 4.79 Å². The van der Waals surface area contributed by atoms with Crippen molar-refractivity contribution in [2.45, 2.75) is 40.2 Å². The molecule has 0 spiro atoms. The Morgan fingerprint density at radius 2 is 1.93 bits per heavy atom. The molecule has 0 bridgehead atoms. The lowest BCUT2D eigenvalue weighted by Crippen LogP contribution is -2.41. The van der Waals surface area contributed by atoms with Crippen LogP contribution in [0.25, 0.3) is 0 Å². The highest BCUT2D eigenvalue weighted by molar-refractivity contribution is 5.72. The van der Waals surface area contributed by atoms with E-state index in [1.54, 1.807) is 0 Å². The van der Waals surface area contributed by atoms with Crippen molar-refractivity contribution in [2.75, 3.05) is 20.2 Å². The van der Waals surface area contributed by atoms with Crippen LogP contribution in [-0.4, -0.2) is 37.1 Å². The molecule has 0 saturated heterocycles. The standard InChI is InChI=1S/C11H23NO2/c1-6-8-12(7-2)10(4)9(3)11(13)14-5/h9-10H,6-8H2,1-5H3. The molecular weight excluding hydrogens is 178 g/mol. The number of nitrogens with zero attached hydrogens (tertiary/aromatic N) is 1. The van der Waals surface area contributed by atoms with Crippen molar-refractivity contribution in [3.63, 3.8) is 0 Å². The predicted molar refractivity (Wildman–Crippen MR) is 58.2 cm³/mol. The number of carbonyl (C=O) groups excluding carboxylic acids is 1. The summed E-state index contributed by atoms with van der Waals surface area (Å²) in [5.41, 5.74) is 0. The minimum Gasteiger partial charge on any atom is -0.469 e. The molecule has 0 rings (SSSR count). The number of ether oxygens (including phenoxy) is 1. The molecule has 2 atom stereocenters. The Bertz CT molecular complexity index is 171. The molecule has 14 heavy (non-hydrogen) atoms. The number of methoxy groups -OCH3 is 1. The fraction of sp³-hybridized carbons (Fsp3) is 0.909. The predicted octanol–water partition coefficient (Wildman–Crippen LogP) is 1.92. The molecule has 0 aliphatic carbocycles. The fourth-order valence-electron chi connectivity index (χ4n) is 1.64. The third kappa shape index (κ3) is 3.66. The van der Waals surface area contributed by atoms with Crippen LogP contribution in [-0.2, 0) is 9.53 Å². The Morgan fingerprint density at radius 3 is 2.29 bits per heavy atom. The maximum absolute atomic E-state index is 11.3. The van der Waals surface area contributed by atoms with Gasteiger partial charge in [0.1, 0.15) is 0 Å². The van der Waals surface area contributed by atoms with Gasteiger partial charge in [0.25, 0.3) is 0 Å². The van der Waals surface area contributed by atoms with Gasteiger partial charge in [0.05, 0.1) is 13.0 Å². The van der Waals surface area contributed by atoms with Crippen molar-refractivity contribution in [1.82, 2.24) is 4.90 Å². The summed E-state index contributed by atoms with van der Waals surface area (Å²) in [5, 5.41) is 0. The largest absolute Gasteiger partial charge is 0.469 e. The molecule has 0 amide bonds. The van der Waals surface area contributed by atoms with Crippen LogP contribution in [0.3, 0.4) is 0 Å². The van der Waals surface area contributed by atoms with E-state index in [-0.39, 0.29) is 17.9 Å². The molecule has 3 heteroatoms. The van der Waals surface area contributed by atoms with Crippen molar-refractivity contribution in [2.24, 2.45) is 5.92 Å². The fourth-order valence-corrected chi connectivity index (χ4v) is 1.64. The zero-order valence-electron chi connectivity index (χ0n) is 10.0. The summed E-state index contributed by atoms with van der Waals surface area (Å²) in [7, 11) is 1.45. The molecule has 84 valence electrons. The lowest BCUT2D eigenvalue weighted by molar-refractivity contribution is -0.147. The average Bonchev–Trinajstić information content (AvgIpc) is 2.22. The van der Waals surface area contributed by atoms with Gasteiger partial charge in [-0.3, -0.25) is 4.79 Å². The highest BCUT2D eigenvalue weighted by Gasteiger charge is 2.24. The van der Waals surface area contributed by atoms with Crippen molar-refractivity contribution in [3.05, 3.63) is 0 Å². The van der Waals surface area contributed by atoms with E-state index in [1.165, 1.54) is 7.11 Å². The molecule has 0 fully saturated rings. The third-order valence-corrected chi connectivity index (χ3v) is 2.79. The SMILES string of the molecule is CCCN(CC)C(C)C(C)C(=O)OC. The molecule has 0 aromatic rings. The van der Waals surface area contributed by atoms with Crippen LogP contribution in [0.15, 0.2) is 0 Å². The lowest BCUT2D eigenvalue weighted by Gasteiger charge is -2.30. The van der Waals surface area contributed by atoms with E-state index < -0.39 is 0 Å².